The van der Waals surface area contributed by atoms with Gasteiger partial charge in [-0.2, -0.15) is 5.48 Å². The minimum atomic E-state index is -0.439. The predicted molar refractivity (Wildman–Crippen MR) is 140 cm³/mol. The minimum Gasteiger partial charge on any atom is -0.340 e. The van der Waals surface area contributed by atoms with Crippen molar-refractivity contribution in [2.45, 2.75) is 57.9 Å². The van der Waals surface area contributed by atoms with Crippen molar-refractivity contribution in [3.05, 3.63) is 93.2 Å². The fourth-order valence-corrected chi connectivity index (χ4v) is 5.64. The third-order valence-corrected chi connectivity index (χ3v) is 7.56. The lowest BCUT2D eigenvalue weighted by molar-refractivity contribution is -0.157. The van der Waals surface area contributed by atoms with Crippen LogP contribution in [0.25, 0.3) is 0 Å². The highest BCUT2D eigenvalue weighted by molar-refractivity contribution is 7.09. The van der Waals surface area contributed by atoms with Crippen LogP contribution in [0.2, 0.25) is 0 Å². The van der Waals surface area contributed by atoms with Gasteiger partial charge >= 0.3 is 5.97 Å². The van der Waals surface area contributed by atoms with Crippen molar-refractivity contribution in [1.29, 1.82) is 0 Å². The molecule has 0 unspecified atom stereocenters. The molecule has 0 spiro atoms. The quantitative estimate of drug-likeness (QED) is 0.410. The van der Waals surface area contributed by atoms with E-state index in [0.29, 0.717) is 6.04 Å². The van der Waals surface area contributed by atoms with E-state index in [9.17, 15) is 9.59 Å². The zero-order chi connectivity index (χ0) is 24.5. The molecule has 1 N–H and O–H groups in total. The maximum absolute atomic E-state index is 12.5. The molecule has 6 heteroatoms. The zero-order valence-electron chi connectivity index (χ0n) is 20.4. The van der Waals surface area contributed by atoms with Crippen molar-refractivity contribution in [3.8, 4) is 0 Å². The third kappa shape index (κ3) is 7.26. The highest BCUT2D eigenvalue weighted by Gasteiger charge is 2.26. The molecule has 1 aliphatic rings. The SMILES string of the molecule is CCCN(CCc1cccs1)[C@H]1CCc2c(CC(=O)ONC(=O)Cc3ccccc3)cccc2C1. The lowest BCUT2D eigenvalue weighted by Gasteiger charge is -2.35. The van der Waals surface area contributed by atoms with Crippen LogP contribution in [0.5, 0.6) is 0 Å². The van der Waals surface area contributed by atoms with Crippen molar-refractivity contribution in [1.82, 2.24) is 10.4 Å². The van der Waals surface area contributed by atoms with Gasteiger partial charge in [0.1, 0.15) is 0 Å². The number of amides is 1. The molecular formula is C29H34N2O3S. The number of hydroxylamine groups is 1. The van der Waals surface area contributed by atoms with Gasteiger partial charge in [-0.3, -0.25) is 9.69 Å². The van der Waals surface area contributed by atoms with Gasteiger partial charge < -0.3 is 4.84 Å². The van der Waals surface area contributed by atoms with Gasteiger partial charge in [-0.1, -0.05) is 61.5 Å². The van der Waals surface area contributed by atoms with Gasteiger partial charge in [0, 0.05) is 17.5 Å². The fourth-order valence-electron chi connectivity index (χ4n) is 4.94. The number of hydrogen-bond acceptors (Lipinski definition) is 5. The van der Waals surface area contributed by atoms with E-state index in [-0.39, 0.29) is 18.7 Å². The molecule has 1 heterocycles. The molecule has 4 rings (SSSR count). The number of nitrogens with one attached hydrogen (secondary N) is 1. The Morgan fingerprint density at radius 3 is 2.66 bits per heavy atom. The first-order valence-corrected chi connectivity index (χ1v) is 13.4. The summed E-state index contributed by atoms with van der Waals surface area (Å²) in [6.07, 6.45) is 5.66. The number of thiophene rings is 1. The summed E-state index contributed by atoms with van der Waals surface area (Å²) >= 11 is 1.84. The summed E-state index contributed by atoms with van der Waals surface area (Å²) < 4.78 is 0. The van der Waals surface area contributed by atoms with Gasteiger partial charge in [0.05, 0.1) is 12.8 Å². The summed E-state index contributed by atoms with van der Waals surface area (Å²) in [5.41, 5.74) is 6.78. The van der Waals surface area contributed by atoms with Crippen LogP contribution in [-0.4, -0.2) is 35.9 Å². The summed E-state index contributed by atoms with van der Waals surface area (Å²) in [6.45, 7) is 4.44. The van der Waals surface area contributed by atoms with Crippen LogP contribution in [0.15, 0.2) is 66.0 Å². The van der Waals surface area contributed by atoms with E-state index in [0.717, 1.165) is 56.3 Å². The molecular weight excluding hydrogens is 456 g/mol. The Labute approximate surface area is 212 Å². The fraction of sp³-hybridized carbons (Fsp3) is 0.379. The number of nitrogens with zero attached hydrogens (tertiary/aromatic N) is 1. The molecule has 1 amide bonds. The van der Waals surface area contributed by atoms with Gasteiger partial charge in [-0.25, -0.2) is 4.79 Å². The van der Waals surface area contributed by atoms with Crippen LogP contribution in [0.3, 0.4) is 0 Å². The average Bonchev–Trinajstić information content (AvgIpc) is 3.39. The topological polar surface area (TPSA) is 58.6 Å². The number of hydrogen-bond donors (Lipinski definition) is 1. The lowest BCUT2D eigenvalue weighted by atomic mass is 9.84. The molecule has 3 aromatic rings. The molecule has 0 saturated heterocycles. The monoisotopic (exact) mass is 490 g/mol. The molecule has 0 aliphatic heterocycles. The molecule has 35 heavy (non-hydrogen) atoms. The molecule has 1 aromatic heterocycles. The van der Waals surface area contributed by atoms with Crippen LogP contribution in [0, 0.1) is 0 Å². The van der Waals surface area contributed by atoms with E-state index >= 15 is 0 Å². The number of fused-ring (bicyclic) bond motifs is 1. The lowest BCUT2D eigenvalue weighted by Crippen LogP contribution is -2.41. The van der Waals surface area contributed by atoms with Crippen LogP contribution < -0.4 is 5.48 Å². The molecule has 1 atom stereocenters. The van der Waals surface area contributed by atoms with Gasteiger partial charge in [-0.05, 0) is 72.3 Å². The Morgan fingerprint density at radius 2 is 1.89 bits per heavy atom. The van der Waals surface area contributed by atoms with E-state index < -0.39 is 5.97 Å². The van der Waals surface area contributed by atoms with Crippen molar-refractivity contribution in [2.75, 3.05) is 13.1 Å². The van der Waals surface area contributed by atoms with E-state index in [1.165, 1.54) is 16.0 Å². The predicted octanol–water partition coefficient (Wildman–Crippen LogP) is 4.92. The van der Waals surface area contributed by atoms with E-state index in [4.69, 9.17) is 4.84 Å². The second-order valence-electron chi connectivity index (χ2n) is 9.16. The van der Waals surface area contributed by atoms with E-state index in [1.54, 1.807) is 0 Å². The number of benzene rings is 2. The molecule has 1 aliphatic carbocycles. The van der Waals surface area contributed by atoms with Gasteiger partial charge in [0.15, 0.2) is 0 Å². The Bertz CT molecular complexity index is 1100. The molecule has 0 fully saturated rings. The molecule has 5 nitrogen and oxygen atoms in total. The van der Waals surface area contributed by atoms with Crippen molar-refractivity contribution < 1.29 is 14.4 Å². The van der Waals surface area contributed by atoms with Crippen molar-refractivity contribution in [3.63, 3.8) is 0 Å². The van der Waals surface area contributed by atoms with E-state index in [2.05, 4.69) is 40.9 Å². The van der Waals surface area contributed by atoms with E-state index in [1.807, 2.05) is 53.8 Å². The minimum absolute atomic E-state index is 0.163. The number of carbonyl (C=O) groups is 2. The zero-order valence-corrected chi connectivity index (χ0v) is 21.2. The first kappa shape index (κ1) is 25.1. The standard InChI is InChI=1S/C29H34N2O3S/c1-2-16-31(17-15-26-12-7-18-35-26)25-13-14-27-23(20-25)10-6-11-24(27)21-29(33)34-30-28(32)19-22-8-4-3-5-9-22/h3-12,18,25H,2,13-17,19-21H2,1H3,(H,30,32)/t25-/m0/s1. The highest BCUT2D eigenvalue weighted by Crippen LogP contribution is 2.28. The second kappa shape index (κ2) is 12.7. The molecule has 184 valence electrons. The maximum atomic E-state index is 12.5. The maximum Gasteiger partial charge on any atom is 0.336 e. The van der Waals surface area contributed by atoms with Gasteiger partial charge in [0.25, 0.3) is 5.91 Å². The Kier molecular flexibility index (Phi) is 9.09. The Hall–Kier alpha value is -2.96. The molecule has 0 bridgehead atoms. The summed E-state index contributed by atoms with van der Waals surface area (Å²) in [5, 5.41) is 2.15. The Morgan fingerprint density at radius 1 is 1.03 bits per heavy atom. The number of rotatable bonds is 10. The first-order valence-electron chi connectivity index (χ1n) is 12.5. The van der Waals surface area contributed by atoms with Crippen LogP contribution in [-0.2, 0) is 46.5 Å². The summed E-state index contributed by atoms with van der Waals surface area (Å²) in [4.78, 5) is 33.7. The van der Waals surface area contributed by atoms with Crippen molar-refractivity contribution in [2.24, 2.45) is 0 Å². The molecule has 0 radical (unpaired) electrons. The molecule has 2 aromatic carbocycles. The second-order valence-corrected chi connectivity index (χ2v) is 10.2. The Balaban J connectivity index is 1.31. The normalized spacial score (nSPS) is 15.0. The smallest absolute Gasteiger partial charge is 0.336 e. The van der Waals surface area contributed by atoms with Gasteiger partial charge in [0.2, 0.25) is 0 Å². The first-order chi connectivity index (χ1) is 17.1. The van der Waals surface area contributed by atoms with Crippen LogP contribution in [0.4, 0.5) is 0 Å². The number of carbonyl (C=O) groups excluding carboxylic acids is 2. The summed E-state index contributed by atoms with van der Waals surface area (Å²) in [6, 6.07) is 20.5. The highest BCUT2D eigenvalue weighted by atomic mass is 32.1. The van der Waals surface area contributed by atoms with Crippen LogP contribution in [0.1, 0.15) is 46.9 Å². The summed E-state index contributed by atoms with van der Waals surface area (Å²) in [5.74, 6) is -0.772. The van der Waals surface area contributed by atoms with Crippen LogP contribution >= 0.6 is 11.3 Å². The third-order valence-electron chi connectivity index (χ3n) is 6.63. The summed E-state index contributed by atoms with van der Waals surface area (Å²) in [7, 11) is 0. The van der Waals surface area contributed by atoms with Gasteiger partial charge in [-0.15, -0.1) is 11.3 Å². The average molecular weight is 491 g/mol. The molecule has 0 saturated carbocycles. The largest absolute Gasteiger partial charge is 0.340 e. The van der Waals surface area contributed by atoms with Crippen molar-refractivity contribution >= 4 is 23.2 Å².